The number of hydrogen-bond acceptors (Lipinski definition) is 9. The number of aliphatic imine (C=N–C) groups is 2. The van der Waals surface area contributed by atoms with Crippen molar-refractivity contribution in [3.05, 3.63) is 54.1 Å². The zero-order valence-corrected chi connectivity index (χ0v) is 42.4. The van der Waals surface area contributed by atoms with E-state index in [1.807, 2.05) is 44.2 Å². The highest BCUT2D eigenvalue weighted by Crippen LogP contribution is 2.14. The number of guanidine groups is 2. The second kappa shape index (κ2) is 35.8. The predicted octanol–water partition coefficient (Wildman–Crippen LogP) is 3.00. The second-order valence-electron chi connectivity index (χ2n) is 18.5. The smallest absolute Gasteiger partial charge is 0.243 e. The number of hydrogen-bond donors (Lipinski definition) is 11. The van der Waals surface area contributed by atoms with E-state index >= 15 is 0 Å². The molecule has 0 fully saturated rings. The number of aromatic amines is 1. The first-order valence-corrected chi connectivity index (χ1v) is 25.5. The van der Waals surface area contributed by atoms with Gasteiger partial charge in [-0.05, 0) is 50.0 Å². The Morgan fingerprint density at radius 2 is 1.03 bits per heavy atom. The van der Waals surface area contributed by atoms with E-state index in [2.05, 4.69) is 58.8 Å². The minimum Gasteiger partial charge on any atom is -0.370 e. The van der Waals surface area contributed by atoms with Crippen LogP contribution in [0, 0.1) is 5.92 Å². The van der Waals surface area contributed by atoms with E-state index in [1.165, 1.54) is 71.2 Å². The number of amides is 6. The molecule has 0 bridgehead atoms. The molecule has 5 atom stereocenters. The van der Waals surface area contributed by atoms with Gasteiger partial charge in [-0.15, -0.1) is 0 Å². The lowest BCUT2D eigenvalue weighted by atomic mass is 10.0. The van der Waals surface area contributed by atoms with Crippen LogP contribution in [0.5, 0.6) is 0 Å². The molecule has 6 amide bonds. The van der Waals surface area contributed by atoms with Crippen molar-refractivity contribution in [1.29, 1.82) is 0 Å². The lowest BCUT2D eigenvalue weighted by Crippen LogP contribution is -2.59. The zero-order chi connectivity index (χ0) is 51.5. The van der Waals surface area contributed by atoms with Gasteiger partial charge in [0.05, 0.1) is 6.33 Å². The van der Waals surface area contributed by atoms with Gasteiger partial charge in [0.15, 0.2) is 11.9 Å². The molecule has 0 spiro atoms. The molecule has 0 saturated carbocycles. The first-order chi connectivity index (χ1) is 33.6. The third-order valence-corrected chi connectivity index (χ3v) is 11.8. The SMILES string of the molecule is CCCCCCCCCCCCCCCC(=O)N[C@@H](Cc1ccccc1)C(=O)N[C@@H](CCCN=C(N)N)C(=O)N[C@@H](CCCN=C(N)N)C(=O)N[C@@H](CC(C)C)C(=O)N[C@@H](Cc1cnc[nH]1)C(=O)NC. The molecule has 20 nitrogen and oxygen atoms in total. The number of carbonyl (C=O) groups is 6. The number of nitrogens with one attached hydrogen (secondary N) is 7. The third kappa shape index (κ3) is 27.1. The number of carbonyl (C=O) groups excluding carboxylic acids is 6. The summed E-state index contributed by atoms with van der Waals surface area (Å²) in [6.45, 7) is 6.28. The summed E-state index contributed by atoms with van der Waals surface area (Å²) in [5, 5.41) is 16.7. The lowest BCUT2D eigenvalue weighted by Gasteiger charge is -2.28. The Hall–Kier alpha value is -6.21. The summed E-state index contributed by atoms with van der Waals surface area (Å²) in [6, 6.07) is 3.72. The normalized spacial score (nSPS) is 13.2. The van der Waals surface area contributed by atoms with Crippen LogP contribution in [0.3, 0.4) is 0 Å². The van der Waals surface area contributed by atoms with E-state index in [0.29, 0.717) is 12.1 Å². The minimum absolute atomic E-state index is 0.0472. The average molecular weight is 979 g/mol. The van der Waals surface area contributed by atoms with Gasteiger partial charge < -0.3 is 59.8 Å². The monoisotopic (exact) mass is 979 g/mol. The molecule has 1 heterocycles. The van der Waals surface area contributed by atoms with Crippen molar-refractivity contribution in [2.24, 2.45) is 38.8 Å². The molecule has 1 aromatic carbocycles. The van der Waals surface area contributed by atoms with Crippen molar-refractivity contribution in [3.8, 4) is 0 Å². The van der Waals surface area contributed by atoms with Gasteiger partial charge in [0, 0.05) is 51.3 Å². The van der Waals surface area contributed by atoms with Gasteiger partial charge in [-0.25, -0.2) is 4.98 Å². The highest BCUT2D eigenvalue weighted by atomic mass is 16.2. The molecular formula is C50H86N14O6. The van der Waals surface area contributed by atoms with Crippen LogP contribution in [-0.2, 0) is 41.6 Å². The van der Waals surface area contributed by atoms with E-state index in [1.54, 1.807) is 6.20 Å². The number of rotatable bonds is 38. The molecule has 0 aliphatic rings. The van der Waals surface area contributed by atoms with Gasteiger partial charge >= 0.3 is 0 Å². The summed E-state index contributed by atoms with van der Waals surface area (Å²) in [5.41, 5.74) is 23.7. The number of imidazole rings is 1. The fourth-order valence-electron chi connectivity index (χ4n) is 7.97. The Labute approximate surface area is 415 Å². The summed E-state index contributed by atoms with van der Waals surface area (Å²) in [6.07, 6.45) is 19.7. The first kappa shape index (κ1) is 59.9. The Kier molecular flexibility index (Phi) is 30.7. The topological polar surface area (TPSA) is 332 Å². The fourth-order valence-corrected chi connectivity index (χ4v) is 7.97. The van der Waals surface area contributed by atoms with Gasteiger partial charge in [0.25, 0.3) is 0 Å². The Balaban J connectivity index is 2.26. The van der Waals surface area contributed by atoms with Crippen molar-refractivity contribution in [3.63, 3.8) is 0 Å². The van der Waals surface area contributed by atoms with Crippen molar-refractivity contribution in [1.82, 2.24) is 41.9 Å². The first-order valence-electron chi connectivity index (χ1n) is 25.5. The molecule has 0 saturated heterocycles. The lowest BCUT2D eigenvalue weighted by molar-refractivity contribution is -0.135. The fraction of sp³-hybridized carbons (Fsp3) is 0.660. The molecule has 392 valence electrons. The summed E-state index contributed by atoms with van der Waals surface area (Å²) < 4.78 is 0. The molecular weight excluding hydrogens is 893 g/mol. The highest BCUT2D eigenvalue weighted by Gasteiger charge is 2.33. The van der Waals surface area contributed by atoms with E-state index in [9.17, 15) is 28.8 Å². The van der Waals surface area contributed by atoms with Gasteiger partial charge in [-0.1, -0.05) is 128 Å². The summed E-state index contributed by atoms with van der Waals surface area (Å²) in [5.74, 6) is -3.65. The van der Waals surface area contributed by atoms with Gasteiger partial charge in [-0.3, -0.25) is 38.8 Å². The zero-order valence-electron chi connectivity index (χ0n) is 42.4. The summed E-state index contributed by atoms with van der Waals surface area (Å²) in [4.78, 5) is 97.8. The molecule has 1 aromatic heterocycles. The van der Waals surface area contributed by atoms with Crippen molar-refractivity contribution < 1.29 is 28.8 Å². The summed E-state index contributed by atoms with van der Waals surface area (Å²) >= 11 is 0. The molecule has 0 unspecified atom stereocenters. The number of nitrogens with two attached hydrogens (primary N) is 4. The van der Waals surface area contributed by atoms with Gasteiger partial charge in [0.2, 0.25) is 35.4 Å². The Morgan fingerprint density at radius 1 is 0.571 bits per heavy atom. The van der Waals surface area contributed by atoms with E-state index < -0.39 is 59.7 Å². The van der Waals surface area contributed by atoms with Crippen molar-refractivity contribution in [2.75, 3.05) is 20.1 Å². The van der Waals surface area contributed by atoms with Gasteiger partial charge in [0.1, 0.15) is 30.2 Å². The molecule has 0 aliphatic heterocycles. The molecule has 2 rings (SSSR count). The number of benzene rings is 1. The van der Waals surface area contributed by atoms with E-state index in [-0.39, 0.29) is 88.2 Å². The molecule has 2 aromatic rings. The molecule has 15 N–H and O–H groups in total. The van der Waals surface area contributed by atoms with Crippen LogP contribution >= 0.6 is 0 Å². The molecule has 0 aliphatic carbocycles. The maximum atomic E-state index is 14.3. The van der Waals surface area contributed by atoms with Crippen LogP contribution in [0.15, 0.2) is 52.8 Å². The number of aromatic nitrogens is 2. The average Bonchev–Trinajstić information content (AvgIpc) is 3.84. The molecule has 20 heteroatoms. The van der Waals surface area contributed by atoms with Gasteiger partial charge in [-0.2, -0.15) is 0 Å². The minimum atomic E-state index is -1.22. The maximum Gasteiger partial charge on any atom is 0.243 e. The summed E-state index contributed by atoms with van der Waals surface area (Å²) in [7, 11) is 1.45. The molecule has 0 radical (unpaired) electrons. The van der Waals surface area contributed by atoms with Crippen LogP contribution in [0.4, 0.5) is 0 Å². The maximum absolute atomic E-state index is 14.3. The Bertz CT molecular complexity index is 1870. The van der Waals surface area contributed by atoms with E-state index in [0.717, 1.165) is 24.8 Å². The largest absolute Gasteiger partial charge is 0.370 e. The number of H-pyrrole nitrogens is 1. The highest BCUT2D eigenvalue weighted by molar-refractivity contribution is 5.96. The predicted molar refractivity (Wildman–Crippen MR) is 276 cm³/mol. The number of unbranched alkanes of at least 4 members (excludes halogenated alkanes) is 12. The standard InChI is InChI=1S/C50H86N14O6/c1-5-6-7-8-9-10-11-12-13-14-15-16-20-27-43(65)60-41(31-36-23-18-17-19-24-36)48(70)62-38(25-21-28-57-49(51)52)45(67)61-39(26-22-29-58-50(53)54)46(68)63-40(30-35(2)3)47(69)64-42(44(66)55-4)32-37-33-56-34-59-37/h17-19,23-24,33-35,38-42H,5-16,20-22,25-32H2,1-4H3,(H,55,66)(H,56,59)(H,60,65)(H,61,67)(H,62,70)(H,63,68)(H,64,69)(H4,51,52,57)(H4,53,54,58)/t38-,39-,40-,41-,42-/m0/s1. The number of likely N-dealkylation sites (N-methyl/N-ethyl adjacent to an activating group) is 1. The molecule has 70 heavy (non-hydrogen) atoms. The van der Waals surface area contributed by atoms with Crippen molar-refractivity contribution in [2.45, 2.75) is 186 Å². The van der Waals surface area contributed by atoms with Crippen molar-refractivity contribution >= 4 is 47.4 Å². The second-order valence-corrected chi connectivity index (χ2v) is 18.5. The van der Waals surface area contributed by atoms with Crippen LogP contribution in [-0.4, -0.2) is 108 Å². The van der Waals surface area contributed by atoms with Crippen LogP contribution in [0.25, 0.3) is 0 Å². The van der Waals surface area contributed by atoms with E-state index in [4.69, 9.17) is 22.9 Å². The number of nitrogens with zero attached hydrogens (tertiary/aromatic N) is 3. The van der Waals surface area contributed by atoms with Crippen LogP contribution in [0.1, 0.15) is 154 Å². The van der Waals surface area contributed by atoms with Crippen LogP contribution in [0.2, 0.25) is 0 Å². The quantitative estimate of drug-likeness (QED) is 0.0264. The Morgan fingerprint density at radius 3 is 1.50 bits per heavy atom. The van der Waals surface area contributed by atoms with Crippen LogP contribution < -0.4 is 54.8 Å². The third-order valence-electron chi connectivity index (χ3n) is 11.8.